The van der Waals surface area contributed by atoms with E-state index in [0.717, 1.165) is 10.5 Å². The Balaban J connectivity index is 1.61. The number of ether oxygens (including phenoxy) is 2. The van der Waals surface area contributed by atoms with E-state index in [1.165, 1.54) is 31.4 Å². The Bertz CT molecular complexity index is 1410. The largest absolute Gasteiger partial charge is 0.493 e. The van der Waals surface area contributed by atoms with Gasteiger partial charge in [-0.1, -0.05) is 36.4 Å². The maximum atomic E-state index is 14.3. The van der Waals surface area contributed by atoms with Gasteiger partial charge < -0.3 is 9.47 Å². The molecule has 4 rings (SSSR count). The number of rotatable bonds is 6. The highest BCUT2D eigenvalue weighted by atomic mass is 32.1. The zero-order chi connectivity index (χ0) is 24.9. The van der Waals surface area contributed by atoms with Crippen LogP contribution in [0.25, 0.3) is 6.08 Å². The highest BCUT2D eigenvalue weighted by molar-refractivity contribution is 7.80. The predicted molar refractivity (Wildman–Crippen MR) is 131 cm³/mol. The van der Waals surface area contributed by atoms with Crippen LogP contribution in [0.2, 0.25) is 0 Å². The van der Waals surface area contributed by atoms with Gasteiger partial charge in [-0.15, -0.1) is 0 Å². The third-order valence-electron chi connectivity index (χ3n) is 5.21. The van der Waals surface area contributed by atoms with Crippen molar-refractivity contribution in [2.45, 2.75) is 6.61 Å². The van der Waals surface area contributed by atoms with E-state index in [2.05, 4.69) is 11.4 Å². The molecule has 0 spiro atoms. The zero-order valence-electron chi connectivity index (χ0n) is 18.4. The first-order valence-corrected chi connectivity index (χ1v) is 10.8. The second kappa shape index (κ2) is 10.2. The van der Waals surface area contributed by atoms with Crippen LogP contribution in [0.4, 0.5) is 10.1 Å². The molecule has 0 aliphatic carbocycles. The number of hydrogen-bond donors (Lipinski definition) is 1. The van der Waals surface area contributed by atoms with Gasteiger partial charge in [0.2, 0.25) is 0 Å². The predicted octanol–water partition coefficient (Wildman–Crippen LogP) is 4.12. The molecule has 9 heteroatoms. The number of benzene rings is 3. The number of nitrogens with one attached hydrogen (secondary N) is 1. The van der Waals surface area contributed by atoms with Gasteiger partial charge in [-0.25, -0.2) is 9.29 Å². The Morgan fingerprint density at radius 3 is 2.57 bits per heavy atom. The third kappa shape index (κ3) is 4.88. The minimum atomic E-state index is -0.753. The molecular weight excluding hydrogens is 469 g/mol. The number of amides is 2. The lowest BCUT2D eigenvalue weighted by atomic mass is 10.1. The van der Waals surface area contributed by atoms with Crippen LogP contribution in [-0.2, 0) is 16.2 Å². The molecular formula is C26H18FN3O4S. The second-order valence-electron chi connectivity index (χ2n) is 7.38. The van der Waals surface area contributed by atoms with E-state index >= 15 is 0 Å². The van der Waals surface area contributed by atoms with E-state index in [1.807, 2.05) is 6.07 Å². The van der Waals surface area contributed by atoms with Crippen LogP contribution in [-0.4, -0.2) is 24.0 Å². The van der Waals surface area contributed by atoms with E-state index in [0.29, 0.717) is 22.6 Å². The summed E-state index contributed by atoms with van der Waals surface area (Å²) < 4.78 is 25.6. The van der Waals surface area contributed by atoms with Crippen LogP contribution in [0.15, 0.2) is 72.3 Å². The van der Waals surface area contributed by atoms with Crippen LogP contribution in [0.5, 0.6) is 11.5 Å². The fourth-order valence-corrected chi connectivity index (χ4v) is 3.75. The van der Waals surface area contributed by atoms with E-state index < -0.39 is 17.6 Å². The lowest BCUT2D eigenvalue weighted by Crippen LogP contribution is -2.54. The molecule has 0 saturated carbocycles. The molecule has 35 heavy (non-hydrogen) atoms. The van der Waals surface area contributed by atoms with Crippen molar-refractivity contribution in [1.82, 2.24) is 5.32 Å². The monoisotopic (exact) mass is 487 g/mol. The van der Waals surface area contributed by atoms with Gasteiger partial charge in [0.15, 0.2) is 16.6 Å². The van der Waals surface area contributed by atoms with Gasteiger partial charge in [0.1, 0.15) is 18.0 Å². The van der Waals surface area contributed by atoms with Gasteiger partial charge in [0.05, 0.1) is 24.4 Å². The normalized spacial score (nSPS) is 14.5. The van der Waals surface area contributed by atoms with Gasteiger partial charge in [-0.2, -0.15) is 5.26 Å². The van der Waals surface area contributed by atoms with Crippen LogP contribution in [0, 0.1) is 17.1 Å². The summed E-state index contributed by atoms with van der Waals surface area (Å²) >= 11 is 5.11. The number of carbonyl (C=O) groups is 2. The highest BCUT2D eigenvalue weighted by Gasteiger charge is 2.35. The van der Waals surface area contributed by atoms with Crippen LogP contribution < -0.4 is 19.7 Å². The summed E-state index contributed by atoms with van der Waals surface area (Å²) in [5.41, 5.74) is 1.42. The summed E-state index contributed by atoms with van der Waals surface area (Å²) in [5, 5.41) is 11.5. The van der Waals surface area contributed by atoms with E-state index in [-0.39, 0.29) is 23.0 Å². The van der Waals surface area contributed by atoms with Crippen molar-refractivity contribution in [2.75, 3.05) is 12.0 Å². The van der Waals surface area contributed by atoms with E-state index in [1.54, 1.807) is 42.5 Å². The number of carbonyl (C=O) groups excluding carboxylic acids is 2. The number of nitriles is 1. The number of halogens is 1. The molecule has 1 saturated heterocycles. The Kier molecular flexibility index (Phi) is 6.85. The molecule has 0 aromatic heterocycles. The highest BCUT2D eigenvalue weighted by Crippen LogP contribution is 2.31. The van der Waals surface area contributed by atoms with Gasteiger partial charge in [0, 0.05) is 5.56 Å². The van der Waals surface area contributed by atoms with Crippen LogP contribution in [0.1, 0.15) is 16.7 Å². The SMILES string of the molecule is COc1cc(/C=C2\C(=O)NC(=S)N(c3ccccc3F)C2=O)ccc1OCc1ccccc1C#N. The smallest absolute Gasteiger partial charge is 0.270 e. The van der Waals surface area contributed by atoms with Gasteiger partial charge in [0.25, 0.3) is 11.8 Å². The number of nitrogens with zero attached hydrogens (tertiary/aromatic N) is 2. The fraction of sp³-hybridized carbons (Fsp3) is 0.0769. The summed E-state index contributed by atoms with van der Waals surface area (Å²) in [4.78, 5) is 26.6. The number of methoxy groups -OCH3 is 1. The Morgan fingerprint density at radius 2 is 1.83 bits per heavy atom. The van der Waals surface area contributed by atoms with Crippen LogP contribution >= 0.6 is 12.2 Å². The molecule has 3 aromatic carbocycles. The minimum absolute atomic E-state index is 0.0626. The van der Waals surface area contributed by atoms with Gasteiger partial charge >= 0.3 is 0 Å². The van der Waals surface area contributed by atoms with Gasteiger partial charge in [-0.3, -0.25) is 14.9 Å². The third-order valence-corrected chi connectivity index (χ3v) is 5.50. The molecule has 0 radical (unpaired) electrons. The standard InChI is InChI=1S/C26H18FN3O4S/c1-33-23-13-16(10-11-22(23)34-15-18-7-3-2-6-17(18)14-28)12-19-24(31)29-26(35)30(25(19)32)21-9-5-4-8-20(21)27/h2-13H,15H2,1H3,(H,29,31,35)/b19-12+. The topological polar surface area (TPSA) is 91.7 Å². The lowest BCUT2D eigenvalue weighted by molar-refractivity contribution is -0.122. The molecule has 0 atom stereocenters. The summed E-state index contributed by atoms with van der Waals surface area (Å²) in [5.74, 6) is -1.33. The average molecular weight is 488 g/mol. The Morgan fingerprint density at radius 1 is 1.09 bits per heavy atom. The summed E-state index contributed by atoms with van der Waals surface area (Å²) in [7, 11) is 1.46. The van der Waals surface area contributed by atoms with Crippen molar-refractivity contribution in [3.8, 4) is 17.6 Å². The van der Waals surface area contributed by atoms with Crippen molar-refractivity contribution < 1.29 is 23.5 Å². The molecule has 7 nitrogen and oxygen atoms in total. The van der Waals surface area contributed by atoms with E-state index in [4.69, 9.17) is 21.7 Å². The number of anilines is 1. The Labute approximate surface area is 206 Å². The average Bonchev–Trinajstić information content (AvgIpc) is 2.86. The zero-order valence-corrected chi connectivity index (χ0v) is 19.3. The maximum Gasteiger partial charge on any atom is 0.270 e. The van der Waals surface area contributed by atoms with Crippen molar-refractivity contribution in [2.24, 2.45) is 0 Å². The summed E-state index contributed by atoms with van der Waals surface area (Å²) in [6.45, 7) is 0.149. The van der Waals surface area contributed by atoms with Crippen molar-refractivity contribution in [1.29, 1.82) is 5.26 Å². The van der Waals surface area contributed by atoms with Crippen molar-refractivity contribution in [3.05, 3.63) is 94.8 Å². The fourth-order valence-electron chi connectivity index (χ4n) is 3.48. The number of para-hydroxylation sites is 1. The minimum Gasteiger partial charge on any atom is -0.493 e. The van der Waals surface area contributed by atoms with Crippen molar-refractivity contribution in [3.63, 3.8) is 0 Å². The second-order valence-corrected chi connectivity index (χ2v) is 7.76. The summed E-state index contributed by atoms with van der Waals surface area (Å²) in [6, 6.07) is 19.7. The molecule has 1 fully saturated rings. The molecule has 174 valence electrons. The van der Waals surface area contributed by atoms with Crippen molar-refractivity contribution >= 4 is 40.9 Å². The molecule has 1 heterocycles. The first kappa shape index (κ1) is 23.6. The molecule has 0 unspecified atom stereocenters. The Hall–Kier alpha value is -4.55. The number of thiocarbonyl (C=S) groups is 1. The molecule has 1 N–H and O–H groups in total. The molecule has 1 aliphatic heterocycles. The van der Waals surface area contributed by atoms with E-state index in [9.17, 15) is 19.2 Å². The molecule has 2 amide bonds. The van der Waals surface area contributed by atoms with Crippen LogP contribution in [0.3, 0.4) is 0 Å². The first-order valence-electron chi connectivity index (χ1n) is 10.4. The maximum absolute atomic E-state index is 14.3. The first-order chi connectivity index (χ1) is 16.9. The molecule has 0 bridgehead atoms. The summed E-state index contributed by atoms with van der Waals surface area (Å²) in [6.07, 6.45) is 1.37. The number of hydrogen-bond acceptors (Lipinski definition) is 6. The molecule has 3 aromatic rings. The quantitative estimate of drug-likeness (QED) is 0.320. The lowest BCUT2D eigenvalue weighted by Gasteiger charge is -2.29. The molecule has 1 aliphatic rings. The van der Waals surface area contributed by atoms with Gasteiger partial charge in [-0.05, 0) is 54.2 Å².